The lowest BCUT2D eigenvalue weighted by molar-refractivity contribution is -0.137. The van der Waals surface area contributed by atoms with Crippen molar-refractivity contribution in [2.75, 3.05) is 5.73 Å². The SMILES string of the molecule is Nc1ccc(Sc2ccc(F)c(F)c2)cc1C(F)(F)F. The van der Waals surface area contributed by atoms with Gasteiger partial charge in [0.15, 0.2) is 11.6 Å². The Hall–Kier alpha value is -1.76. The van der Waals surface area contributed by atoms with Crippen molar-refractivity contribution < 1.29 is 22.0 Å². The van der Waals surface area contributed by atoms with E-state index in [9.17, 15) is 22.0 Å². The van der Waals surface area contributed by atoms with Crippen molar-refractivity contribution in [2.45, 2.75) is 16.0 Å². The van der Waals surface area contributed by atoms with Crippen molar-refractivity contribution in [2.24, 2.45) is 0 Å². The number of anilines is 1. The Bertz CT molecular complexity index is 639. The minimum absolute atomic E-state index is 0.234. The van der Waals surface area contributed by atoms with Gasteiger partial charge in [-0.15, -0.1) is 0 Å². The summed E-state index contributed by atoms with van der Waals surface area (Å²) in [6, 6.07) is 6.51. The molecule has 0 amide bonds. The third-order valence-electron chi connectivity index (χ3n) is 2.46. The van der Waals surface area contributed by atoms with Gasteiger partial charge in [0.25, 0.3) is 0 Å². The van der Waals surface area contributed by atoms with Crippen LogP contribution in [0.3, 0.4) is 0 Å². The van der Waals surface area contributed by atoms with Crippen LogP contribution in [0.25, 0.3) is 0 Å². The Balaban J connectivity index is 2.32. The summed E-state index contributed by atoms with van der Waals surface area (Å²) in [6.07, 6.45) is -4.56. The van der Waals surface area contributed by atoms with Crippen molar-refractivity contribution in [3.05, 3.63) is 53.6 Å². The van der Waals surface area contributed by atoms with Crippen LogP contribution in [0.4, 0.5) is 27.6 Å². The fourth-order valence-electron chi connectivity index (χ4n) is 1.52. The highest BCUT2D eigenvalue weighted by molar-refractivity contribution is 7.99. The normalized spacial score (nSPS) is 11.7. The molecule has 0 spiro atoms. The lowest BCUT2D eigenvalue weighted by Crippen LogP contribution is -2.08. The molecule has 20 heavy (non-hydrogen) atoms. The molecule has 0 bridgehead atoms. The van der Waals surface area contributed by atoms with E-state index in [2.05, 4.69) is 0 Å². The van der Waals surface area contributed by atoms with E-state index >= 15 is 0 Å². The van der Waals surface area contributed by atoms with E-state index in [4.69, 9.17) is 5.73 Å². The lowest BCUT2D eigenvalue weighted by atomic mass is 10.2. The van der Waals surface area contributed by atoms with Crippen LogP contribution in [0.2, 0.25) is 0 Å². The van der Waals surface area contributed by atoms with Crippen LogP contribution in [-0.4, -0.2) is 0 Å². The van der Waals surface area contributed by atoms with Gasteiger partial charge in [-0.25, -0.2) is 8.78 Å². The lowest BCUT2D eigenvalue weighted by Gasteiger charge is -2.11. The second kappa shape index (κ2) is 5.32. The zero-order valence-electron chi connectivity index (χ0n) is 9.84. The highest BCUT2D eigenvalue weighted by atomic mass is 32.2. The predicted octanol–water partition coefficient (Wildman–Crippen LogP) is 4.72. The maximum atomic E-state index is 13.0. The molecule has 0 aliphatic rings. The summed E-state index contributed by atoms with van der Waals surface area (Å²) in [5.41, 5.74) is 3.94. The van der Waals surface area contributed by atoms with Crippen molar-refractivity contribution in [3.8, 4) is 0 Å². The molecule has 0 aliphatic heterocycles. The highest BCUT2D eigenvalue weighted by Gasteiger charge is 2.33. The zero-order chi connectivity index (χ0) is 14.9. The van der Waals surface area contributed by atoms with E-state index in [0.29, 0.717) is 4.90 Å². The molecule has 0 heterocycles. The van der Waals surface area contributed by atoms with E-state index in [0.717, 1.165) is 36.0 Å². The summed E-state index contributed by atoms with van der Waals surface area (Å²) in [6.45, 7) is 0. The van der Waals surface area contributed by atoms with Crippen LogP contribution in [-0.2, 0) is 6.18 Å². The summed E-state index contributed by atoms with van der Waals surface area (Å²) < 4.78 is 63.8. The van der Waals surface area contributed by atoms with E-state index in [1.165, 1.54) is 12.1 Å². The number of benzene rings is 2. The summed E-state index contributed by atoms with van der Waals surface area (Å²) in [5, 5.41) is 0. The van der Waals surface area contributed by atoms with Gasteiger partial charge >= 0.3 is 6.18 Å². The standard InChI is InChI=1S/C13H8F5NS/c14-10-3-1-8(6-11(10)15)20-7-2-4-12(19)9(5-7)13(16,17)18/h1-6H,19H2. The summed E-state index contributed by atoms with van der Waals surface area (Å²) >= 11 is 0.887. The molecule has 106 valence electrons. The largest absolute Gasteiger partial charge is 0.418 e. The first-order valence-corrected chi connectivity index (χ1v) is 6.18. The molecule has 0 fully saturated rings. The van der Waals surface area contributed by atoms with Crippen LogP contribution in [0.5, 0.6) is 0 Å². The minimum atomic E-state index is -4.56. The van der Waals surface area contributed by atoms with Crippen LogP contribution in [0, 0.1) is 11.6 Å². The molecule has 2 aromatic carbocycles. The average molecular weight is 305 g/mol. The van der Waals surface area contributed by atoms with Gasteiger partial charge in [0.1, 0.15) is 0 Å². The molecule has 7 heteroatoms. The number of alkyl halides is 3. The smallest absolute Gasteiger partial charge is 0.398 e. The van der Waals surface area contributed by atoms with Gasteiger partial charge in [-0.3, -0.25) is 0 Å². The van der Waals surface area contributed by atoms with E-state index in [1.54, 1.807) is 0 Å². The molecule has 2 N–H and O–H groups in total. The van der Waals surface area contributed by atoms with Crippen LogP contribution >= 0.6 is 11.8 Å². The second-order valence-electron chi connectivity index (χ2n) is 3.92. The average Bonchev–Trinajstić information content (AvgIpc) is 2.35. The molecule has 0 radical (unpaired) electrons. The topological polar surface area (TPSA) is 26.0 Å². The number of hydrogen-bond acceptors (Lipinski definition) is 2. The Morgan fingerprint density at radius 3 is 2.05 bits per heavy atom. The van der Waals surface area contributed by atoms with Crippen molar-refractivity contribution in [1.82, 2.24) is 0 Å². The van der Waals surface area contributed by atoms with E-state index in [-0.39, 0.29) is 10.6 Å². The van der Waals surface area contributed by atoms with Crippen LogP contribution < -0.4 is 5.73 Å². The molecular formula is C13H8F5NS. The van der Waals surface area contributed by atoms with Gasteiger partial charge in [0.2, 0.25) is 0 Å². The van der Waals surface area contributed by atoms with Crippen LogP contribution in [0.1, 0.15) is 5.56 Å². The Labute approximate surface area is 115 Å². The predicted molar refractivity (Wildman–Crippen MR) is 66.3 cm³/mol. The molecule has 0 atom stereocenters. The molecule has 0 aliphatic carbocycles. The van der Waals surface area contributed by atoms with E-state index < -0.39 is 23.4 Å². The van der Waals surface area contributed by atoms with Crippen molar-refractivity contribution in [1.29, 1.82) is 0 Å². The first-order valence-electron chi connectivity index (χ1n) is 5.37. The van der Waals surface area contributed by atoms with Crippen molar-refractivity contribution in [3.63, 3.8) is 0 Å². The third kappa shape index (κ3) is 3.22. The molecule has 0 saturated heterocycles. The maximum Gasteiger partial charge on any atom is 0.418 e. The van der Waals surface area contributed by atoms with Gasteiger partial charge in [-0.1, -0.05) is 11.8 Å². The summed E-state index contributed by atoms with van der Waals surface area (Å²) in [4.78, 5) is 0.527. The molecular weight excluding hydrogens is 297 g/mol. The van der Waals surface area contributed by atoms with Gasteiger partial charge in [0.05, 0.1) is 5.56 Å². The molecule has 0 aromatic heterocycles. The first-order chi connectivity index (χ1) is 9.27. The summed E-state index contributed by atoms with van der Waals surface area (Å²) in [5.74, 6) is -2.07. The monoisotopic (exact) mass is 305 g/mol. The van der Waals surface area contributed by atoms with Gasteiger partial charge < -0.3 is 5.73 Å². The number of nitrogen functional groups attached to an aromatic ring is 1. The number of rotatable bonds is 2. The third-order valence-corrected chi connectivity index (χ3v) is 3.44. The molecule has 2 aromatic rings. The number of halogens is 5. The Morgan fingerprint density at radius 1 is 0.850 bits per heavy atom. The first kappa shape index (κ1) is 14.6. The Morgan fingerprint density at radius 2 is 1.45 bits per heavy atom. The van der Waals surface area contributed by atoms with Crippen LogP contribution in [0.15, 0.2) is 46.2 Å². The van der Waals surface area contributed by atoms with Gasteiger partial charge in [-0.05, 0) is 36.4 Å². The number of hydrogen-bond donors (Lipinski definition) is 1. The highest BCUT2D eigenvalue weighted by Crippen LogP contribution is 2.37. The maximum absolute atomic E-state index is 13.0. The van der Waals surface area contributed by atoms with E-state index in [1.807, 2.05) is 0 Å². The molecule has 0 unspecified atom stereocenters. The quantitative estimate of drug-likeness (QED) is 0.642. The minimum Gasteiger partial charge on any atom is -0.398 e. The number of nitrogens with two attached hydrogens (primary N) is 1. The zero-order valence-corrected chi connectivity index (χ0v) is 10.7. The summed E-state index contributed by atoms with van der Waals surface area (Å²) in [7, 11) is 0. The second-order valence-corrected chi connectivity index (χ2v) is 5.07. The van der Waals surface area contributed by atoms with Gasteiger partial charge in [0, 0.05) is 15.5 Å². The van der Waals surface area contributed by atoms with Gasteiger partial charge in [-0.2, -0.15) is 13.2 Å². The van der Waals surface area contributed by atoms with Crippen molar-refractivity contribution >= 4 is 17.4 Å². The fraction of sp³-hybridized carbons (Fsp3) is 0.0769. The molecule has 2 rings (SSSR count). The molecule has 0 saturated carbocycles. The Kier molecular flexibility index (Phi) is 3.89. The molecule has 1 nitrogen and oxygen atoms in total. The fourth-order valence-corrected chi connectivity index (χ4v) is 2.40.